The van der Waals surface area contributed by atoms with Gasteiger partial charge in [0.15, 0.2) is 0 Å². The van der Waals surface area contributed by atoms with E-state index in [4.69, 9.17) is 16.3 Å². The third-order valence-electron chi connectivity index (χ3n) is 4.49. The fraction of sp³-hybridized carbons (Fsp3) is 0.294. The van der Waals surface area contributed by atoms with Crippen molar-refractivity contribution in [2.75, 3.05) is 17.8 Å². The molecule has 2 aromatic carbocycles. The summed E-state index contributed by atoms with van der Waals surface area (Å²) in [7, 11) is -3.64. The van der Waals surface area contributed by atoms with Crippen LogP contribution >= 0.6 is 11.6 Å². The van der Waals surface area contributed by atoms with Gasteiger partial charge in [0.25, 0.3) is 10.0 Å². The maximum atomic E-state index is 12.5. The van der Waals surface area contributed by atoms with Crippen molar-refractivity contribution in [1.82, 2.24) is 5.32 Å². The van der Waals surface area contributed by atoms with Crippen LogP contribution in [0.3, 0.4) is 0 Å². The van der Waals surface area contributed by atoms with E-state index >= 15 is 0 Å². The van der Waals surface area contributed by atoms with Crippen LogP contribution in [-0.4, -0.2) is 27.6 Å². The highest BCUT2D eigenvalue weighted by Gasteiger charge is 2.36. The van der Waals surface area contributed by atoms with Crippen LogP contribution in [0.15, 0.2) is 47.4 Å². The molecule has 7 heteroatoms. The topological polar surface area (TPSA) is 67.4 Å². The lowest BCUT2D eigenvalue weighted by Gasteiger charge is -2.24. The lowest BCUT2D eigenvalue weighted by Crippen LogP contribution is -2.39. The van der Waals surface area contributed by atoms with Crippen LogP contribution in [0.25, 0.3) is 0 Å². The average Bonchev–Trinajstić information content (AvgIpc) is 2.93. The summed E-state index contributed by atoms with van der Waals surface area (Å²) in [5, 5.41) is 3.82. The van der Waals surface area contributed by atoms with Gasteiger partial charge in [-0.05, 0) is 55.4 Å². The van der Waals surface area contributed by atoms with Gasteiger partial charge in [-0.25, -0.2) is 8.42 Å². The average molecular weight is 365 g/mol. The summed E-state index contributed by atoms with van der Waals surface area (Å²) in [5.41, 5.74) is 1.63. The van der Waals surface area contributed by atoms with E-state index in [-0.39, 0.29) is 11.0 Å². The summed E-state index contributed by atoms with van der Waals surface area (Å²) >= 11 is 5.82. The van der Waals surface area contributed by atoms with E-state index < -0.39 is 10.0 Å². The fourth-order valence-corrected chi connectivity index (χ4v) is 4.49. The zero-order chi connectivity index (χ0) is 16.7. The second-order valence-electron chi connectivity index (χ2n) is 6.07. The highest BCUT2D eigenvalue weighted by molar-refractivity contribution is 7.92. The number of nitrogens with one attached hydrogen (secondary N) is 2. The number of hydrogen-bond acceptors (Lipinski definition) is 4. The molecule has 0 aliphatic carbocycles. The summed E-state index contributed by atoms with van der Waals surface area (Å²) in [6.07, 6.45) is 1.13. The molecule has 2 aliphatic rings. The molecule has 1 saturated heterocycles. The van der Waals surface area contributed by atoms with E-state index in [9.17, 15) is 8.42 Å². The third kappa shape index (κ3) is 2.85. The molecule has 0 amide bonds. The van der Waals surface area contributed by atoms with Crippen molar-refractivity contribution in [3.8, 4) is 5.75 Å². The van der Waals surface area contributed by atoms with Gasteiger partial charge < -0.3 is 10.1 Å². The molecule has 126 valence electrons. The van der Waals surface area contributed by atoms with Crippen LogP contribution in [0.2, 0.25) is 5.02 Å². The van der Waals surface area contributed by atoms with E-state index in [2.05, 4.69) is 10.0 Å². The first kappa shape index (κ1) is 15.7. The van der Waals surface area contributed by atoms with E-state index in [0.717, 1.165) is 30.8 Å². The number of hydrogen-bond donors (Lipinski definition) is 2. The first-order chi connectivity index (χ1) is 11.5. The monoisotopic (exact) mass is 364 g/mol. The lowest BCUT2D eigenvalue weighted by atomic mass is 9.89. The van der Waals surface area contributed by atoms with Crippen LogP contribution in [0.1, 0.15) is 17.9 Å². The largest absolute Gasteiger partial charge is 0.488 e. The molecule has 0 saturated carbocycles. The summed E-state index contributed by atoms with van der Waals surface area (Å²) in [6.45, 7) is 1.77. The molecule has 1 fully saturated rings. The first-order valence-electron chi connectivity index (χ1n) is 7.83. The predicted octanol–water partition coefficient (Wildman–Crippen LogP) is 2.98. The number of halogens is 1. The molecule has 0 aromatic heterocycles. The second-order valence-corrected chi connectivity index (χ2v) is 8.19. The molecule has 0 spiro atoms. The van der Waals surface area contributed by atoms with Crippen LogP contribution in [0.5, 0.6) is 5.75 Å². The summed E-state index contributed by atoms with van der Waals surface area (Å²) < 4.78 is 33.6. The Morgan fingerprint density at radius 1 is 1.17 bits per heavy atom. The number of fused-ring (bicyclic) bond motifs is 3. The van der Waals surface area contributed by atoms with Gasteiger partial charge in [0.2, 0.25) is 0 Å². The van der Waals surface area contributed by atoms with Crippen molar-refractivity contribution < 1.29 is 13.2 Å². The molecule has 5 nitrogen and oxygen atoms in total. The number of piperidine rings is 1. The van der Waals surface area contributed by atoms with Gasteiger partial charge in [-0.1, -0.05) is 11.6 Å². The maximum absolute atomic E-state index is 12.5. The van der Waals surface area contributed by atoms with Crippen LogP contribution in [0, 0.1) is 0 Å². The molecule has 2 N–H and O–H groups in total. The van der Waals surface area contributed by atoms with Crippen molar-refractivity contribution in [1.29, 1.82) is 0 Å². The van der Waals surface area contributed by atoms with Gasteiger partial charge in [-0.3, -0.25) is 4.72 Å². The zero-order valence-corrected chi connectivity index (χ0v) is 14.4. The highest BCUT2D eigenvalue weighted by atomic mass is 35.5. The van der Waals surface area contributed by atoms with Crippen molar-refractivity contribution in [3.63, 3.8) is 0 Å². The normalized spacial score (nSPS) is 22.4. The van der Waals surface area contributed by atoms with Gasteiger partial charge in [0.05, 0.1) is 4.90 Å². The molecule has 2 aliphatic heterocycles. The quantitative estimate of drug-likeness (QED) is 0.878. The van der Waals surface area contributed by atoms with Crippen molar-refractivity contribution in [2.45, 2.75) is 23.3 Å². The number of anilines is 1. The smallest absolute Gasteiger partial charge is 0.261 e. The minimum atomic E-state index is -3.64. The molecule has 24 heavy (non-hydrogen) atoms. The minimum Gasteiger partial charge on any atom is -0.488 e. The summed E-state index contributed by atoms with van der Waals surface area (Å²) in [4.78, 5) is 0.184. The molecule has 4 rings (SSSR count). The summed E-state index contributed by atoms with van der Waals surface area (Å²) in [6, 6.07) is 11.6. The summed E-state index contributed by atoms with van der Waals surface area (Å²) in [5.74, 6) is 1.17. The van der Waals surface area contributed by atoms with Gasteiger partial charge in [0.1, 0.15) is 11.9 Å². The van der Waals surface area contributed by atoms with Crippen LogP contribution < -0.4 is 14.8 Å². The lowest BCUT2D eigenvalue weighted by molar-refractivity contribution is 0.177. The minimum absolute atomic E-state index is 0.136. The second kappa shape index (κ2) is 5.95. The van der Waals surface area contributed by atoms with Gasteiger partial charge in [0, 0.05) is 28.7 Å². The Balaban J connectivity index is 1.61. The Bertz CT molecular complexity index is 868. The standard InChI is InChI=1S/C17H17ClN2O3S/c18-11-1-4-13(5-2-11)24(21,22)20-12-3-6-16-15(9-12)14-7-8-19-10-17(14)23-16/h1-6,9,14,17,19-20H,7-8,10H2. The van der Waals surface area contributed by atoms with E-state index in [0.29, 0.717) is 16.6 Å². The molecule has 2 unspecified atom stereocenters. The van der Waals surface area contributed by atoms with Crippen molar-refractivity contribution in [2.24, 2.45) is 0 Å². The SMILES string of the molecule is O=S(=O)(Nc1ccc2c(c1)C1CCNCC1O2)c1ccc(Cl)cc1. The molecular formula is C17H17ClN2O3S. The predicted molar refractivity (Wildman–Crippen MR) is 93.3 cm³/mol. The Labute approximate surface area is 146 Å². The Hall–Kier alpha value is -1.76. The van der Waals surface area contributed by atoms with Crippen LogP contribution in [-0.2, 0) is 10.0 Å². The van der Waals surface area contributed by atoms with Gasteiger partial charge >= 0.3 is 0 Å². The van der Waals surface area contributed by atoms with E-state index in [1.165, 1.54) is 12.1 Å². The number of rotatable bonds is 3. The number of sulfonamides is 1. The first-order valence-corrected chi connectivity index (χ1v) is 9.69. The molecule has 2 heterocycles. The van der Waals surface area contributed by atoms with Crippen molar-refractivity contribution in [3.05, 3.63) is 53.1 Å². The molecule has 0 radical (unpaired) electrons. The van der Waals surface area contributed by atoms with Gasteiger partial charge in [-0.2, -0.15) is 0 Å². The van der Waals surface area contributed by atoms with Crippen LogP contribution in [0.4, 0.5) is 5.69 Å². The molecule has 2 aromatic rings. The van der Waals surface area contributed by atoms with E-state index in [1.54, 1.807) is 18.2 Å². The fourth-order valence-electron chi connectivity index (χ4n) is 3.31. The van der Waals surface area contributed by atoms with E-state index in [1.807, 2.05) is 12.1 Å². The Kier molecular flexibility index (Phi) is 3.90. The molecule has 2 atom stereocenters. The molecule has 0 bridgehead atoms. The van der Waals surface area contributed by atoms with Gasteiger partial charge in [-0.15, -0.1) is 0 Å². The number of ether oxygens (including phenoxy) is 1. The van der Waals surface area contributed by atoms with Crippen molar-refractivity contribution >= 4 is 27.3 Å². The molecular weight excluding hydrogens is 348 g/mol. The maximum Gasteiger partial charge on any atom is 0.261 e. The highest BCUT2D eigenvalue weighted by Crippen LogP contribution is 2.42. The Morgan fingerprint density at radius 3 is 2.75 bits per heavy atom. The third-order valence-corrected chi connectivity index (χ3v) is 6.14. The number of benzene rings is 2. The Morgan fingerprint density at radius 2 is 1.96 bits per heavy atom. The zero-order valence-electron chi connectivity index (χ0n) is 12.8.